The van der Waals surface area contributed by atoms with Crippen molar-refractivity contribution in [3.63, 3.8) is 0 Å². The molecular formula is C18H21N5O4S. The first-order valence-electron chi connectivity index (χ1n) is 9.27. The highest BCUT2D eigenvalue weighted by Gasteiger charge is 2.72. The molecule has 6 rings (SSSR count). The van der Waals surface area contributed by atoms with Crippen LogP contribution in [0.25, 0.3) is 0 Å². The van der Waals surface area contributed by atoms with Crippen molar-refractivity contribution < 1.29 is 19.0 Å². The third-order valence-corrected chi connectivity index (χ3v) is 6.50. The average Bonchev–Trinajstić information content (AvgIpc) is 3.08. The number of rotatable bonds is 6. The minimum atomic E-state index is -0.290. The predicted octanol–water partition coefficient (Wildman–Crippen LogP) is 2.07. The van der Waals surface area contributed by atoms with Gasteiger partial charge in [-0.2, -0.15) is 0 Å². The van der Waals surface area contributed by atoms with Crippen molar-refractivity contribution >= 4 is 28.2 Å². The third-order valence-electron chi connectivity index (χ3n) is 5.78. The summed E-state index contributed by atoms with van der Waals surface area (Å²) in [5.41, 5.74) is -0.352. The lowest BCUT2D eigenvalue weighted by Crippen LogP contribution is -2.72. The van der Waals surface area contributed by atoms with Gasteiger partial charge in [-0.25, -0.2) is 4.98 Å². The molecule has 0 spiro atoms. The van der Waals surface area contributed by atoms with E-state index in [2.05, 4.69) is 25.4 Å². The molecule has 2 bridgehead atoms. The first kappa shape index (κ1) is 17.8. The molecule has 4 aliphatic rings. The number of nitrogens with zero attached hydrogens (tertiary/aromatic N) is 4. The number of hydrogen-bond acceptors (Lipinski definition) is 9. The summed E-state index contributed by atoms with van der Waals surface area (Å²) in [7, 11) is 1.71. The van der Waals surface area contributed by atoms with Gasteiger partial charge >= 0.3 is 5.19 Å². The number of hydrogen-bond donors (Lipinski definition) is 1. The van der Waals surface area contributed by atoms with E-state index in [1.807, 2.05) is 12.1 Å². The number of anilines is 2. The fraction of sp³-hybridized carbons (Fsp3) is 0.556. The van der Waals surface area contributed by atoms with Gasteiger partial charge in [0.25, 0.3) is 0 Å². The normalized spacial score (nSPS) is 28.2. The number of methoxy groups -OCH3 is 1. The second-order valence-corrected chi connectivity index (χ2v) is 8.52. The fourth-order valence-electron chi connectivity index (χ4n) is 4.20. The van der Waals surface area contributed by atoms with Crippen LogP contribution in [0.4, 0.5) is 10.9 Å². The van der Waals surface area contributed by atoms with Gasteiger partial charge in [0.1, 0.15) is 11.6 Å². The van der Waals surface area contributed by atoms with Gasteiger partial charge in [0, 0.05) is 20.2 Å². The average molecular weight is 403 g/mol. The summed E-state index contributed by atoms with van der Waals surface area (Å²) in [5, 5.41) is 11.7. The first-order valence-corrected chi connectivity index (χ1v) is 10.1. The molecule has 3 heterocycles. The van der Waals surface area contributed by atoms with Gasteiger partial charge < -0.3 is 19.1 Å². The number of morpholine rings is 1. The Bertz CT molecular complexity index is 861. The van der Waals surface area contributed by atoms with Crippen molar-refractivity contribution in [1.29, 1.82) is 0 Å². The second-order valence-electron chi connectivity index (χ2n) is 7.58. The van der Waals surface area contributed by atoms with Gasteiger partial charge in [-0.15, -0.1) is 5.10 Å². The van der Waals surface area contributed by atoms with Crippen LogP contribution < -0.4 is 15.0 Å². The highest BCUT2D eigenvalue weighted by Crippen LogP contribution is 2.69. The van der Waals surface area contributed by atoms with Crippen LogP contribution in [0, 0.1) is 5.41 Å². The van der Waals surface area contributed by atoms with Crippen LogP contribution in [0.3, 0.4) is 0 Å². The Morgan fingerprint density at radius 2 is 2.04 bits per heavy atom. The minimum Gasteiger partial charge on any atom is -0.428 e. The molecule has 4 fully saturated rings. The van der Waals surface area contributed by atoms with E-state index in [1.165, 1.54) is 11.3 Å². The van der Waals surface area contributed by atoms with E-state index in [1.54, 1.807) is 13.3 Å². The smallest absolute Gasteiger partial charge is 0.301 e. The van der Waals surface area contributed by atoms with Gasteiger partial charge in [-0.1, -0.05) is 5.10 Å². The van der Waals surface area contributed by atoms with E-state index in [9.17, 15) is 4.79 Å². The molecule has 0 radical (unpaired) electrons. The van der Waals surface area contributed by atoms with Gasteiger partial charge in [-0.3, -0.25) is 10.1 Å². The Labute approximate surface area is 166 Å². The first-order chi connectivity index (χ1) is 13.6. The molecule has 3 saturated carbocycles. The molecular weight excluding hydrogens is 382 g/mol. The lowest BCUT2D eigenvalue weighted by molar-refractivity contribution is -0.260. The minimum absolute atomic E-state index is 0.00865. The zero-order valence-corrected chi connectivity index (χ0v) is 16.3. The van der Waals surface area contributed by atoms with Crippen LogP contribution >= 0.6 is 11.3 Å². The summed E-state index contributed by atoms with van der Waals surface area (Å²) < 4.78 is 16.5. The Kier molecular flexibility index (Phi) is 4.22. The number of amides is 1. The molecule has 0 unspecified atom stereocenters. The monoisotopic (exact) mass is 403 g/mol. The Morgan fingerprint density at radius 3 is 2.71 bits per heavy atom. The largest absolute Gasteiger partial charge is 0.428 e. The maximum atomic E-state index is 12.5. The number of carbonyl (C=O) groups is 1. The lowest BCUT2D eigenvalue weighted by Gasteiger charge is -2.67. The summed E-state index contributed by atoms with van der Waals surface area (Å²) in [5.74, 6) is 1.46. The fourth-order valence-corrected chi connectivity index (χ4v) is 4.81. The van der Waals surface area contributed by atoms with Crippen molar-refractivity contribution in [3.8, 4) is 10.9 Å². The van der Waals surface area contributed by atoms with Crippen LogP contribution in [0.2, 0.25) is 0 Å². The highest BCUT2D eigenvalue weighted by atomic mass is 32.1. The summed E-state index contributed by atoms with van der Waals surface area (Å²) in [4.78, 5) is 19.1. The van der Waals surface area contributed by atoms with Gasteiger partial charge in [0.05, 0.1) is 30.4 Å². The topological polar surface area (TPSA) is 98.7 Å². The molecule has 1 saturated heterocycles. The lowest BCUT2D eigenvalue weighted by atomic mass is 9.41. The van der Waals surface area contributed by atoms with E-state index < -0.39 is 0 Å². The summed E-state index contributed by atoms with van der Waals surface area (Å²) in [6.45, 7) is 3.10. The molecule has 148 valence electrons. The molecule has 2 aromatic rings. The number of carbonyl (C=O) groups excluding carboxylic acids is 1. The maximum Gasteiger partial charge on any atom is 0.301 e. The number of pyridine rings is 1. The van der Waals surface area contributed by atoms with Crippen molar-refractivity contribution in [2.75, 3.05) is 43.6 Å². The zero-order valence-electron chi connectivity index (χ0n) is 15.5. The highest BCUT2D eigenvalue weighted by molar-refractivity contribution is 7.17. The van der Waals surface area contributed by atoms with E-state index in [-0.39, 0.29) is 16.9 Å². The Hall–Kier alpha value is -2.30. The third kappa shape index (κ3) is 3.01. The number of ether oxygens (including phenoxy) is 3. The van der Waals surface area contributed by atoms with Crippen molar-refractivity contribution in [2.24, 2.45) is 5.41 Å². The molecule has 1 N–H and O–H groups in total. The molecule has 1 amide bonds. The molecule has 9 nitrogen and oxygen atoms in total. The second kappa shape index (κ2) is 6.64. The predicted molar refractivity (Wildman–Crippen MR) is 102 cm³/mol. The van der Waals surface area contributed by atoms with Crippen molar-refractivity contribution in [2.45, 2.75) is 24.9 Å². The van der Waals surface area contributed by atoms with Gasteiger partial charge in [-0.05, 0) is 42.7 Å². The standard InChI is InChI=1S/C18H21N5O4S/c1-25-18-9-17(10-18,11-18)14(24)20-15-21-22-16(28-15)27-12-2-3-13(19-8-12)23-4-6-26-7-5-23/h2-3,8H,4-7,9-11H2,1H3,(H,20,21,24). The Balaban J connectivity index is 1.17. The maximum absolute atomic E-state index is 12.5. The molecule has 0 aromatic carbocycles. The van der Waals surface area contributed by atoms with Crippen LogP contribution in [0.1, 0.15) is 19.3 Å². The van der Waals surface area contributed by atoms with Crippen molar-refractivity contribution in [1.82, 2.24) is 15.2 Å². The molecule has 1 aliphatic heterocycles. The molecule has 3 aliphatic carbocycles. The van der Waals surface area contributed by atoms with Crippen LogP contribution in [0.15, 0.2) is 18.3 Å². The molecule has 0 atom stereocenters. The van der Waals surface area contributed by atoms with Crippen LogP contribution in [-0.4, -0.2) is 60.1 Å². The van der Waals surface area contributed by atoms with E-state index in [4.69, 9.17) is 14.2 Å². The number of nitrogens with one attached hydrogen (secondary N) is 1. The van der Waals surface area contributed by atoms with Gasteiger partial charge in [0.15, 0.2) is 0 Å². The Morgan fingerprint density at radius 1 is 1.25 bits per heavy atom. The van der Waals surface area contributed by atoms with E-state index in [0.717, 1.165) is 38.2 Å². The molecule has 2 aromatic heterocycles. The summed E-state index contributed by atoms with van der Waals surface area (Å²) in [6, 6.07) is 3.77. The quantitative estimate of drug-likeness (QED) is 0.783. The van der Waals surface area contributed by atoms with Crippen LogP contribution in [0.5, 0.6) is 10.9 Å². The van der Waals surface area contributed by atoms with Crippen LogP contribution in [-0.2, 0) is 14.3 Å². The van der Waals surface area contributed by atoms with E-state index in [0.29, 0.717) is 29.3 Å². The summed E-state index contributed by atoms with van der Waals surface area (Å²) in [6.07, 6.45) is 4.01. The molecule has 28 heavy (non-hydrogen) atoms. The SMILES string of the molecule is COC12CC(C(=O)Nc3nnc(Oc4ccc(N5CCOCC5)nc4)s3)(C1)C2. The zero-order chi connectivity index (χ0) is 19.2. The number of aromatic nitrogens is 3. The van der Waals surface area contributed by atoms with E-state index >= 15 is 0 Å². The summed E-state index contributed by atoms with van der Waals surface area (Å²) >= 11 is 1.20. The van der Waals surface area contributed by atoms with Crippen molar-refractivity contribution in [3.05, 3.63) is 18.3 Å². The molecule has 10 heteroatoms. The van der Waals surface area contributed by atoms with Gasteiger partial charge in [0.2, 0.25) is 11.0 Å².